The minimum atomic E-state index is -3.41. The summed E-state index contributed by atoms with van der Waals surface area (Å²) in [6, 6.07) is 12.6. The molecule has 3 rings (SSSR count). The van der Waals surface area contributed by atoms with Gasteiger partial charge < -0.3 is 15.4 Å². The Labute approximate surface area is 206 Å². The molecule has 1 fully saturated rings. The third kappa shape index (κ3) is 7.39. The minimum Gasteiger partial charge on any atom is -0.379 e. The third-order valence-corrected chi connectivity index (χ3v) is 7.01. The topological polar surface area (TPSA) is 83.0 Å². The smallest absolute Gasteiger partial charge is 0.218 e. The number of halogens is 2. The maximum Gasteiger partial charge on any atom is 0.218 e. The van der Waals surface area contributed by atoms with Crippen LogP contribution in [0.1, 0.15) is 22.3 Å². The van der Waals surface area contributed by atoms with Crippen molar-refractivity contribution >= 4 is 40.0 Å². The highest BCUT2D eigenvalue weighted by Crippen LogP contribution is 2.16. The zero-order valence-corrected chi connectivity index (χ0v) is 21.5. The first-order valence-corrected chi connectivity index (χ1v) is 11.8. The molecule has 176 valence electrons. The molecular formula is C22H30FIN4O3S. The fourth-order valence-corrected chi connectivity index (χ4v) is 4.88. The number of nitrogens with zero attached hydrogens (tertiary/aromatic N) is 2. The van der Waals surface area contributed by atoms with Gasteiger partial charge in [-0.05, 0) is 35.2 Å². The van der Waals surface area contributed by atoms with E-state index in [0.29, 0.717) is 50.9 Å². The van der Waals surface area contributed by atoms with Gasteiger partial charge in [-0.1, -0.05) is 36.4 Å². The van der Waals surface area contributed by atoms with E-state index in [1.165, 1.54) is 10.4 Å². The van der Waals surface area contributed by atoms with Gasteiger partial charge in [0.15, 0.2) is 5.96 Å². The van der Waals surface area contributed by atoms with Crippen molar-refractivity contribution < 1.29 is 17.5 Å². The first-order chi connectivity index (χ1) is 14.9. The highest BCUT2D eigenvalue weighted by Gasteiger charge is 2.25. The summed E-state index contributed by atoms with van der Waals surface area (Å²) in [5.74, 6) is 0.254. The van der Waals surface area contributed by atoms with Gasteiger partial charge in [0.2, 0.25) is 10.0 Å². The molecule has 0 aromatic heterocycles. The fourth-order valence-electron chi connectivity index (χ4n) is 3.31. The van der Waals surface area contributed by atoms with Gasteiger partial charge in [0.1, 0.15) is 5.82 Å². The summed E-state index contributed by atoms with van der Waals surface area (Å²) in [7, 11) is -1.76. The Morgan fingerprint density at radius 2 is 1.75 bits per heavy atom. The highest BCUT2D eigenvalue weighted by atomic mass is 127. The van der Waals surface area contributed by atoms with E-state index >= 15 is 0 Å². The van der Waals surface area contributed by atoms with E-state index in [4.69, 9.17) is 4.74 Å². The van der Waals surface area contributed by atoms with Crippen LogP contribution in [0.25, 0.3) is 0 Å². The molecule has 2 N–H and O–H groups in total. The van der Waals surface area contributed by atoms with Gasteiger partial charge in [0.25, 0.3) is 0 Å². The number of morpholine rings is 1. The molecule has 0 unspecified atom stereocenters. The number of nitrogens with one attached hydrogen (secondary N) is 2. The molecule has 2 aromatic rings. The first kappa shape index (κ1) is 26.5. The van der Waals surface area contributed by atoms with Crippen molar-refractivity contribution in [3.8, 4) is 0 Å². The van der Waals surface area contributed by atoms with Crippen LogP contribution in [-0.4, -0.2) is 52.0 Å². The molecule has 1 aliphatic heterocycles. The van der Waals surface area contributed by atoms with Gasteiger partial charge in [0, 0.05) is 33.2 Å². The van der Waals surface area contributed by atoms with Crippen LogP contribution in [0.15, 0.2) is 47.5 Å². The lowest BCUT2D eigenvalue weighted by Crippen LogP contribution is -2.41. The van der Waals surface area contributed by atoms with E-state index in [-0.39, 0.29) is 35.5 Å². The van der Waals surface area contributed by atoms with E-state index in [1.54, 1.807) is 20.0 Å². The van der Waals surface area contributed by atoms with E-state index < -0.39 is 10.0 Å². The number of hydrogen-bond donors (Lipinski definition) is 2. The zero-order valence-electron chi connectivity index (χ0n) is 18.3. The van der Waals surface area contributed by atoms with Crippen molar-refractivity contribution in [1.29, 1.82) is 0 Å². The van der Waals surface area contributed by atoms with E-state index in [0.717, 1.165) is 16.7 Å². The average Bonchev–Trinajstić information content (AvgIpc) is 2.77. The Kier molecular flexibility index (Phi) is 10.3. The molecule has 0 radical (unpaired) electrons. The Hall–Kier alpha value is -1.76. The Morgan fingerprint density at radius 3 is 2.41 bits per heavy atom. The van der Waals surface area contributed by atoms with Crippen LogP contribution in [0.2, 0.25) is 0 Å². The number of aliphatic imine (C=N–C) groups is 1. The minimum absolute atomic E-state index is 0. The summed E-state index contributed by atoms with van der Waals surface area (Å²) >= 11 is 0. The van der Waals surface area contributed by atoms with Crippen LogP contribution >= 0.6 is 24.0 Å². The van der Waals surface area contributed by atoms with Crippen molar-refractivity contribution in [1.82, 2.24) is 14.9 Å². The SMILES string of the molecule is CN=C(NCc1ccc(C)c(F)c1)NCc1ccccc1CS(=O)(=O)N1CCOCC1.I. The Balaban J connectivity index is 0.00000363. The molecule has 10 heteroatoms. The number of ether oxygens (including phenoxy) is 1. The van der Waals surface area contributed by atoms with Crippen molar-refractivity contribution in [2.45, 2.75) is 25.8 Å². The van der Waals surface area contributed by atoms with Crippen LogP contribution in [0, 0.1) is 12.7 Å². The number of hydrogen-bond acceptors (Lipinski definition) is 4. The summed E-state index contributed by atoms with van der Waals surface area (Å²) < 4.78 is 46.1. The van der Waals surface area contributed by atoms with Gasteiger partial charge in [-0.15, -0.1) is 24.0 Å². The summed E-state index contributed by atoms with van der Waals surface area (Å²) in [6.45, 7) is 4.19. The maximum atomic E-state index is 13.7. The van der Waals surface area contributed by atoms with Crippen LogP contribution in [0.4, 0.5) is 4.39 Å². The fraction of sp³-hybridized carbons (Fsp3) is 0.409. The molecule has 0 aliphatic carbocycles. The Bertz CT molecular complexity index is 1030. The standard InChI is InChI=1S/C22H29FN4O3S.HI/c1-17-7-8-18(13-21(17)23)14-25-22(24-2)26-15-19-5-3-4-6-20(19)16-31(28,29)27-9-11-30-12-10-27;/h3-8,13H,9-12,14-16H2,1-2H3,(H2,24,25,26);1H. The lowest BCUT2D eigenvalue weighted by molar-refractivity contribution is 0.0729. The van der Waals surface area contributed by atoms with Crippen molar-refractivity contribution in [3.05, 3.63) is 70.5 Å². The van der Waals surface area contributed by atoms with Crippen molar-refractivity contribution in [2.24, 2.45) is 4.99 Å². The zero-order chi connectivity index (χ0) is 22.3. The quantitative estimate of drug-likeness (QED) is 0.301. The molecule has 0 spiro atoms. The number of rotatable bonds is 7. The Morgan fingerprint density at radius 1 is 1.09 bits per heavy atom. The highest BCUT2D eigenvalue weighted by molar-refractivity contribution is 14.0. The summed E-state index contributed by atoms with van der Waals surface area (Å²) in [5.41, 5.74) is 3.04. The molecule has 0 saturated carbocycles. The van der Waals surface area contributed by atoms with Gasteiger partial charge in [0.05, 0.1) is 19.0 Å². The van der Waals surface area contributed by atoms with Gasteiger partial charge in [-0.2, -0.15) is 4.31 Å². The van der Waals surface area contributed by atoms with E-state index in [1.807, 2.05) is 30.3 Å². The number of benzene rings is 2. The van der Waals surface area contributed by atoms with Gasteiger partial charge in [-0.25, -0.2) is 12.8 Å². The molecular weight excluding hydrogens is 546 g/mol. The molecule has 1 saturated heterocycles. The number of aryl methyl sites for hydroxylation is 1. The predicted octanol–water partition coefficient (Wildman–Crippen LogP) is 2.78. The molecule has 2 aromatic carbocycles. The van der Waals surface area contributed by atoms with Gasteiger partial charge >= 0.3 is 0 Å². The van der Waals surface area contributed by atoms with Crippen molar-refractivity contribution in [3.63, 3.8) is 0 Å². The van der Waals surface area contributed by atoms with Crippen molar-refractivity contribution in [2.75, 3.05) is 33.4 Å². The van der Waals surface area contributed by atoms with Crippen LogP contribution in [0.3, 0.4) is 0 Å². The molecule has 0 amide bonds. The van der Waals surface area contributed by atoms with Crippen LogP contribution in [-0.2, 0) is 33.6 Å². The van der Waals surface area contributed by atoms with Crippen LogP contribution in [0.5, 0.6) is 0 Å². The molecule has 1 heterocycles. The molecule has 0 atom stereocenters. The van der Waals surface area contributed by atoms with E-state index in [9.17, 15) is 12.8 Å². The third-order valence-electron chi connectivity index (χ3n) is 5.19. The molecule has 1 aliphatic rings. The van der Waals surface area contributed by atoms with E-state index in [2.05, 4.69) is 15.6 Å². The summed E-state index contributed by atoms with van der Waals surface area (Å²) in [4.78, 5) is 4.20. The largest absolute Gasteiger partial charge is 0.379 e. The summed E-state index contributed by atoms with van der Waals surface area (Å²) in [5, 5.41) is 6.36. The monoisotopic (exact) mass is 576 g/mol. The number of guanidine groups is 1. The second-order valence-corrected chi connectivity index (χ2v) is 9.37. The second-order valence-electron chi connectivity index (χ2n) is 7.40. The van der Waals surface area contributed by atoms with Gasteiger partial charge in [-0.3, -0.25) is 4.99 Å². The second kappa shape index (κ2) is 12.5. The number of sulfonamides is 1. The molecule has 0 bridgehead atoms. The maximum absolute atomic E-state index is 13.7. The average molecular weight is 576 g/mol. The first-order valence-electron chi connectivity index (χ1n) is 10.2. The lowest BCUT2D eigenvalue weighted by Gasteiger charge is -2.26. The molecule has 32 heavy (non-hydrogen) atoms. The summed E-state index contributed by atoms with van der Waals surface area (Å²) in [6.07, 6.45) is 0. The lowest BCUT2D eigenvalue weighted by atomic mass is 10.1. The predicted molar refractivity (Wildman–Crippen MR) is 135 cm³/mol. The van der Waals surface area contributed by atoms with Crippen LogP contribution < -0.4 is 10.6 Å². The molecule has 7 nitrogen and oxygen atoms in total. The normalized spacial score (nSPS) is 15.2.